The smallest absolute Gasteiger partial charge is 0.271 e. The van der Waals surface area contributed by atoms with Crippen LogP contribution in [0.1, 0.15) is 21.5 Å². The number of amides is 1. The second kappa shape index (κ2) is 10.4. The van der Waals surface area contributed by atoms with E-state index in [0.717, 1.165) is 15.6 Å². The first-order valence-electron chi connectivity index (χ1n) is 10.1. The Labute approximate surface area is 205 Å². The van der Waals surface area contributed by atoms with Crippen LogP contribution in [-0.2, 0) is 10.0 Å². The number of pyridine rings is 1. The molecular formula is C25H19BrN4O3S. The molecule has 2 N–H and O–H groups in total. The normalized spacial score (nSPS) is 11.6. The molecular weight excluding hydrogens is 516 g/mol. The lowest BCUT2D eigenvalue weighted by Crippen LogP contribution is -2.21. The first kappa shape index (κ1) is 23.3. The van der Waals surface area contributed by atoms with Gasteiger partial charge < -0.3 is 0 Å². The van der Waals surface area contributed by atoms with Crippen molar-refractivity contribution in [1.29, 1.82) is 0 Å². The zero-order valence-corrected chi connectivity index (χ0v) is 20.1. The van der Waals surface area contributed by atoms with Crippen molar-refractivity contribution >= 4 is 43.3 Å². The second-order valence-corrected chi connectivity index (χ2v) is 9.74. The third-order valence-corrected chi connectivity index (χ3v) is 6.70. The van der Waals surface area contributed by atoms with Crippen molar-refractivity contribution < 1.29 is 13.2 Å². The van der Waals surface area contributed by atoms with E-state index in [9.17, 15) is 13.2 Å². The number of anilines is 1. The lowest BCUT2D eigenvalue weighted by molar-refractivity contribution is 0.0955. The molecule has 34 heavy (non-hydrogen) atoms. The summed E-state index contributed by atoms with van der Waals surface area (Å²) in [4.78, 5) is 17.0. The topological polar surface area (TPSA) is 101 Å². The highest BCUT2D eigenvalue weighted by molar-refractivity contribution is 9.10. The Morgan fingerprint density at radius 2 is 1.44 bits per heavy atom. The Hall–Kier alpha value is -3.82. The number of nitrogens with one attached hydrogen (secondary N) is 2. The highest BCUT2D eigenvalue weighted by Crippen LogP contribution is 2.19. The van der Waals surface area contributed by atoms with Gasteiger partial charge in [0.05, 0.1) is 10.6 Å². The molecule has 1 amide bonds. The molecule has 7 nitrogen and oxygen atoms in total. The zero-order chi connectivity index (χ0) is 24.0. The number of halogens is 1. The number of carbonyl (C=O) groups excluding carboxylic acids is 1. The van der Waals surface area contributed by atoms with Gasteiger partial charge in [0.25, 0.3) is 15.9 Å². The molecule has 0 saturated carbocycles. The standard InChI is InChI=1S/C25H19BrN4O3S/c26-21-9-11-23(12-10-21)34(32,33)30-22-8-4-7-20(17-22)25(31)29-28-24(18-5-2-1-3-6-18)19-13-15-27-16-14-19/h1-17,30H,(H,29,31)/b28-24-. The van der Waals surface area contributed by atoms with Gasteiger partial charge in [-0.15, -0.1) is 0 Å². The van der Waals surface area contributed by atoms with Gasteiger partial charge in [-0.05, 0) is 54.6 Å². The maximum atomic E-state index is 12.8. The third kappa shape index (κ3) is 5.75. The van der Waals surface area contributed by atoms with Crippen molar-refractivity contribution in [2.45, 2.75) is 4.90 Å². The van der Waals surface area contributed by atoms with Crippen LogP contribution >= 0.6 is 15.9 Å². The minimum Gasteiger partial charge on any atom is -0.280 e. The van der Waals surface area contributed by atoms with Gasteiger partial charge in [-0.2, -0.15) is 5.10 Å². The number of sulfonamides is 1. The van der Waals surface area contributed by atoms with Gasteiger partial charge in [-0.1, -0.05) is 52.3 Å². The number of hydrogen-bond acceptors (Lipinski definition) is 5. The lowest BCUT2D eigenvalue weighted by atomic mass is 10.0. The van der Waals surface area contributed by atoms with Crippen molar-refractivity contribution in [2.75, 3.05) is 4.72 Å². The van der Waals surface area contributed by atoms with Crippen molar-refractivity contribution in [1.82, 2.24) is 10.4 Å². The van der Waals surface area contributed by atoms with Crippen LogP contribution in [-0.4, -0.2) is 25.0 Å². The average molecular weight is 535 g/mol. The van der Waals surface area contributed by atoms with Gasteiger partial charge in [0.2, 0.25) is 0 Å². The number of rotatable bonds is 7. The molecule has 0 radical (unpaired) electrons. The zero-order valence-electron chi connectivity index (χ0n) is 17.7. The second-order valence-electron chi connectivity index (χ2n) is 7.14. The molecule has 9 heteroatoms. The van der Waals surface area contributed by atoms with E-state index in [1.807, 2.05) is 30.3 Å². The quantitative estimate of drug-likeness (QED) is 0.262. The van der Waals surface area contributed by atoms with Gasteiger partial charge in [-0.3, -0.25) is 14.5 Å². The summed E-state index contributed by atoms with van der Waals surface area (Å²) in [7, 11) is -3.81. The van der Waals surface area contributed by atoms with Gasteiger partial charge in [0, 0.05) is 39.2 Å². The summed E-state index contributed by atoms with van der Waals surface area (Å²) in [5.74, 6) is -0.479. The van der Waals surface area contributed by atoms with Crippen LogP contribution in [0.25, 0.3) is 0 Å². The van der Waals surface area contributed by atoms with Crippen molar-refractivity contribution in [2.24, 2.45) is 5.10 Å². The van der Waals surface area contributed by atoms with E-state index < -0.39 is 15.9 Å². The van der Waals surface area contributed by atoms with E-state index in [0.29, 0.717) is 5.71 Å². The molecule has 0 saturated heterocycles. The molecule has 4 aromatic rings. The summed E-state index contributed by atoms with van der Waals surface area (Å²) >= 11 is 3.29. The third-order valence-electron chi connectivity index (χ3n) is 4.77. The Morgan fingerprint density at radius 1 is 0.794 bits per heavy atom. The molecule has 3 aromatic carbocycles. The minimum atomic E-state index is -3.81. The molecule has 170 valence electrons. The van der Waals surface area contributed by atoms with Crippen LogP contribution in [0.4, 0.5) is 5.69 Å². The van der Waals surface area contributed by atoms with Crippen molar-refractivity contribution in [3.8, 4) is 0 Å². The van der Waals surface area contributed by atoms with Crippen LogP contribution in [0.5, 0.6) is 0 Å². The summed E-state index contributed by atoms with van der Waals surface area (Å²) < 4.78 is 28.6. The molecule has 0 spiro atoms. The van der Waals surface area contributed by atoms with Crippen LogP contribution in [0.15, 0.2) is 118 Å². The van der Waals surface area contributed by atoms with Crippen LogP contribution in [0.3, 0.4) is 0 Å². The van der Waals surface area contributed by atoms with Gasteiger partial charge in [0.1, 0.15) is 0 Å². The van der Waals surface area contributed by atoms with Gasteiger partial charge in [0.15, 0.2) is 0 Å². The molecule has 4 rings (SSSR count). The Bertz CT molecular complexity index is 1380. The Balaban J connectivity index is 1.56. The number of nitrogens with zero attached hydrogens (tertiary/aromatic N) is 2. The summed E-state index contributed by atoms with van der Waals surface area (Å²) in [6.45, 7) is 0. The predicted octanol–water partition coefficient (Wildman–Crippen LogP) is 4.83. The van der Waals surface area contributed by atoms with E-state index in [2.05, 4.69) is 36.2 Å². The van der Waals surface area contributed by atoms with Crippen molar-refractivity contribution in [3.05, 3.63) is 125 Å². The van der Waals surface area contributed by atoms with E-state index in [1.54, 1.807) is 54.9 Å². The van der Waals surface area contributed by atoms with Crippen LogP contribution in [0, 0.1) is 0 Å². The van der Waals surface area contributed by atoms with E-state index in [1.165, 1.54) is 18.2 Å². The number of hydrogen-bond donors (Lipinski definition) is 2. The SMILES string of the molecule is O=C(N/N=C(/c1ccccc1)c1ccncc1)c1cccc(NS(=O)(=O)c2ccc(Br)cc2)c1. The van der Waals surface area contributed by atoms with Crippen LogP contribution < -0.4 is 10.1 Å². The van der Waals surface area contributed by atoms with Gasteiger partial charge >= 0.3 is 0 Å². The fourth-order valence-corrected chi connectivity index (χ4v) is 4.44. The van der Waals surface area contributed by atoms with E-state index >= 15 is 0 Å². The highest BCUT2D eigenvalue weighted by Gasteiger charge is 2.15. The van der Waals surface area contributed by atoms with Crippen molar-refractivity contribution in [3.63, 3.8) is 0 Å². The largest absolute Gasteiger partial charge is 0.280 e. The fourth-order valence-electron chi connectivity index (χ4n) is 3.12. The molecule has 0 aliphatic heterocycles. The Morgan fingerprint density at radius 3 is 2.15 bits per heavy atom. The molecule has 1 heterocycles. The summed E-state index contributed by atoms with van der Waals surface area (Å²) in [6, 6.07) is 25.5. The fraction of sp³-hybridized carbons (Fsp3) is 0. The monoisotopic (exact) mass is 534 g/mol. The highest BCUT2D eigenvalue weighted by atomic mass is 79.9. The summed E-state index contributed by atoms with van der Waals surface area (Å²) in [5, 5.41) is 4.35. The number of hydrazone groups is 1. The average Bonchev–Trinajstić information content (AvgIpc) is 2.85. The molecule has 1 aromatic heterocycles. The first-order chi connectivity index (χ1) is 16.4. The number of benzene rings is 3. The Kier molecular flexibility index (Phi) is 7.15. The molecule has 0 bridgehead atoms. The molecule has 0 aliphatic rings. The molecule has 0 aliphatic carbocycles. The van der Waals surface area contributed by atoms with Gasteiger partial charge in [-0.25, -0.2) is 13.8 Å². The molecule has 0 atom stereocenters. The minimum absolute atomic E-state index is 0.111. The maximum absolute atomic E-state index is 12.8. The molecule has 0 unspecified atom stereocenters. The van der Waals surface area contributed by atoms with Crippen LogP contribution in [0.2, 0.25) is 0 Å². The molecule has 0 fully saturated rings. The van der Waals surface area contributed by atoms with E-state index in [-0.39, 0.29) is 16.1 Å². The summed E-state index contributed by atoms with van der Waals surface area (Å²) in [6.07, 6.45) is 3.30. The predicted molar refractivity (Wildman–Crippen MR) is 135 cm³/mol. The number of carbonyl (C=O) groups is 1. The van der Waals surface area contributed by atoms with E-state index in [4.69, 9.17) is 0 Å². The summed E-state index contributed by atoms with van der Waals surface area (Å²) in [5.41, 5.74) is 5.27. The lowest BCUT2D eigenvalue weighted by Gasteiger charge is -2.10. The maximum Gasteiger partial charge on any atom is 0.271 e. The number of aromatic nitrogens is 1. The first-order valence-corrected chi connectivity index (χ1v) is 12.4.